The fourth-order valence-corrected chi connectivity index (χ4v) is 4.84. The van der Waals surface area contributed by atoms with Crippen LogP contribution in [0.3, 0.4) is 0 Å². The summed E-state index contributed by atoms with van der Waals surface area (Å²) in [4.78, 5) is 0. The minimum atomic E-state index is 0.463. The molecule has 1 N–H and O–H groups in total. The third kappa shape index (κ3) is 4.12. The lowest BCUT2D eigenvalue weighted by molar-refractivity contribution is 0.540. The predicted octanol–water partition coefficient (Wildman–Crippen LogP) is 7.56. The molecule has 0 atom stereocenters. The Balaban J connectivity index is 1.28. The van der Waals surface area contributed by atoms with Crippen molar-refractivity contribution in [3.8, 4) is 11.1 Å². The fraction of sp³-hybridized carbons (Fsp3) is 0.0968. The Morgan fingerprint density at radius 3 is 2.11 bits per heavy atom. The van der Waals surface area contributed by atoms with Crippen molar-refractivity contribution in [2.75, 3.05) is 5.32 Å². The molecule has 0 aliphatic carbocycles. The van der Waals surface area contributed by atoms with E-state index in [1.165, 1.54) is 5.56 Å². The summed E-state index contributed by atoms with van der Waals surface area (Å²) in [5.74, 6) is 0.973. The van der Waals surface area contributed by atoms with E-state index < -0.39 is 0 Å². The zero-order valence-electron chi connectivity index (χ0n) is 19.3. The van der Waals surface area contributed by atoms with Crippen molar-refractivity contribution >= 4 is 46.8 Å². The number of hydrogen-bond donors (Lipinski definition) is 1. The topological polar surface area (TPSA) is 38.3 Å². The molecule has 2 radical (unpaired) electrons. The Morgan fingerprint density at radius 1 is 0.629 bits per heavy atom. The number of benzene rings is 4. The molecular weight excluding hydrogens is 429 g/mol. The van der Waals surface area contributed by atoms with E-state index in [9.17, 15) is 0 Å². The third-order valence-corrected chi connectivity index (χ3v) is 6.47. The summed E-state index contributed by atoms with van der Waals surface area (Å²) in [6.07, 6.45) is 2.66. The molecule has 0 bridgehead atoms. The van der Waals surface area contributed by atoms with Crippen LogP contribution in [0.5, 0.6) is 0 Å². The molecule has 35 heavy (non-hydrogen) atoms. The predicted molar refractivity (Wildman–Crippen MR) is 145 cm³/mol. The lowest BCUT2D eigenvalue weighted by atomic mass is 9.89. The van der Waals surface area contributed by atoms with E-state index in [4.69, 9.17) is 16.7 Å². The number of para-hydroxylation sites is 3. The highest BCUT2D eigenvalue weighted by Crippen LogP contribution is 2.35. The minimum Gasteiger partial charge on any atom is -0.472 e. The highest BCUT2D eigenvalue weighted by atomic mass is 16.3. The monoisotopic (exact) mass is 453 g/mol. The first kappa shape index (κ1) is 21.4. The molecule has 0 fully saturated rings. The van der Waals surface area contributed by atoms with Gasteiger partial charge in [0, 0.05) is 28.4 Å². The van der Waals surface area contributed by atoms with Gasteiger partial charge in [0.25, 0.3) is 0 Å². The van der Waals surface area contributed by atoms with Crippen LogP contribution in [0.2, 0.25) is 0 Å². The summed E-state index contributed by atoms with van der Waals surface area (Å²) in [5, 5.41) is 5.73. The molecule has 4 heteroatoms. The largest absolute Gasteiger partial charge is 0.472 e. The summed E-state index contributed by atoms with van der Waals surface area (Å²) in [6, 6.07) is 34.9. The van der Waals surface area contributed by atoms with E-state index in [0.717, 1.165) is 69.5 Å². The van der Waals surface area contributed by atoms with E-state index in [0.29, 0.717) is 5.66 Å². The van der Waals surface area contributed by atoms with Crippen molar-refractivity contribution in [2.45, 2.75) is 19.3 Å². The van der Waals surface area contributed by atoms with Gasteiger partial charge >= 0.3 is 0 Å². The number of hydrogen-bond acceptors (Lipinski definition) is 3. The van der Waals surface area contributed by atoms with E-state index in [1.807, 2.05) is 54.6 Å². The summed E-state index contributed by atoms with van der Waals surface area (Å²) < 4.78 is 12.1. The third-order valence-electron chi connectivity index (χ3n) is 6.47. The summed E-state index contributed by atoms with van der Waals surface area (Å²) in [5.41, 5.74) is 7.63. The molecule has 2 heterocycles. The van der Waals surface area contributed by atoms with Gasteiger partial charge in [0.15, 0.2) is 7.85 Å². The van der Waals surface area contributed by atoms with Crippen LogP contribution in [0.25, 0.3) is 33.1 Å². The lowest BCUT2D eigenvalue weighted by Gasteiger charge is -2.11. The Labute approximate surface area is 205 Å². The summed E-state index contributed by atoms with van der Waals surface area (Å²) in [6.45, 7) is 0. The van der Waals surface area contributed by atoms with E-state index in [2.05, 4.69) is 53.8 Å². The lowest BCUT2D eigenvalue weighted by Crippen LogP contribution is -2.03. The van der Waals surface area contributed by atoms with Crippen LogP contribution >= 0.6 is 0 Å². The molecule has 0 aliphatic rings. The van der Waals surface area contributed by atoms with Crippen molar-refractivity contribution in [3.05, 3.63) is 114 Å². The second kappa shape index (κ2) is 9.23. The Morgan fingerprint density at radius 2 is 1.29 bits per heavy atom. The molecule has 0 saturated carbocycles. The number of nitrogens with one attached hydrogen (secondary N) is 1. The molecule has 0 saturated heterocycles. The van der Waals surface area contributed by atoms with Crippen molar-refractivity contribution in [2.24, 2.45) is 0 Å². The van der Waals surface area contributed by atoms with Gasteiger partial charge in [-0.1, -0.05) is 72.8 Å². The van der Waals surface area contributed by atoms with Gasteiger partial charge in [0.2, 0.25) is 0 Å². The van der Waals surface area contributed by atoms with Crippen LogP contribution in [-0.4, -0.2) is 7.85 Å². The van der Waals surface area contributed by atoms with Gasteiger partial charge in [-0.2, -0.15) is 0 Å². The second-order valence-corrected chi connectivity index (χ2v) is 8.74. The number of anilines is 2. The van der Waals surface area contributed by atoms with Gasteiger partial charge in [0.05, 0.1) is 11.3 Å². The first-order valence-electron chi connectivity index (χ1n) is 12.0. The molecule has 3 nitrogen and oxygen atoms in total. The average Bonchev–Trinajstić information content (AvgIpc) is 3.41. The smallest absolute Gasteiger partial charge is 0.168 e. The van der Waals surface area contributed by atoms with Gasteiger partial charge in [-0.3, -0.25) is 0 Å². The van der Waals surface area contributed by atoms with Gasteiger partial charge in [0.1, 0.15) is 16.9 Å². The van der Waals surface area contributed by atoms with Crippen LogP contribution in [0.1, 0.15) is 17.7 Å². The van der Waals surface area contributed by atoms with Crippen LogP contribution in [0.15, 0.2) is 112 Å². The normalized spacial score (nSPS) is 11.3. The van der Waals surface area contributed by atoms with Gasteiger partial charge in [-0.15, -0.1) is 0 Å². The fourth-order valence-electron chi connectivity index (χ4n) is 4.84. The van der Waals surface area contributed by atoms with E-state index >= 15 is 0 Å². The van der Waals surface area contributed by atoms with E-state index in [1.54, 1.807) is 0 Å². The molecule has 2 aromatic heterocycles. The van der Waals surface area contributed by atoms with Gasteiger partial charge in [-0.05, 0) is 54.3 Å². The SMILES string of the molecule is [B]c1oc2ccccc2c1-c1ccccc1CCCc1oc2ccccc2c1Nc1ccccc1. The Bertz CT molecular complexity index is 1610. The molecule has 0 aliphatic heterocycles. The van der Waals surface area contributed by atoms with Crippen molar-refractivity contribution < 1.29 is 8.83 Å². The zero-order valence-corrected chi connectivity index (χ0v) is 19.3. The van der Waals surface area contributed by atoms with Crippen molar-refractivity contribution in [3.63, 3.8) is 0 Å². The maximum Gasteiger partial charge on any atom is 0.168 e. The quantitative estimate of drug-likeness (QED) is 0.254. The van der Waals surface area contributed by atoms with Crippen LogP contribution in [0.4, 0.5) is 11.4 Å². The second-order valence-electron chi connectivity index (χ2n) is 8.74. The van der Waals surface area contributed by atoms with Crippen LogP contribution in [-0.2, 0) is 12.8 Å². The van der Waals surface area contributed by atoms with Crippen LogP contribution < -0.4 is 11.0 Å². The molecule has 6 rings (SSSR count). The molecule has 0 unspecified atom stereocenters. The Kier molecular flexibility index (Phi) is 5.63. The molecule has 0 spiro atoms. The molecule has 4 aromatic carbocycles. The maximum absolute atomic E-state index is 6.32. The highest BCUT2D eigenvalue weighted by Gasteiger charge is 2.17. The Hall–Kier alpha value is -4.18. The molecule has 0 amide bonds. The van der Waals surface area contributed by atoms with Gasteiger partial charge in [-0.25, -0.2) is 0 Å². The summed E-state index contributed by atoms with van der Waals surface area (Å²) in [7, 11) is 6.32. The minimum absolute atomic E-state index is 0.463. The average molecular weight is 453 g/mol. The number of fused-ring (bicyclic) bond motifs is 2. The molecule has 168 valence electrons. The molecule has 6 aromatic rings. The van der Waals surface area contributed by atoms with Crippen molar-refractivity contribution in [1.82, 2.24) is 0 Å². The molecular formula is C31H24BNO2. The number of furan rings is 2. The zero-order chi connectivity index (χ0) is 23.6. The van der Waals surface area contributed by atoms with Crippen LogP contribution in [0, 0.1) is 0 Å². The van der Waals surface area contributed by atoms with E-state index in [-0.39, 0.29) is 0 Å². The number of rotatable bonds is 7. The standard InChI is InChI=1S/C31H24BNO2/c32-31-29(24-16-6-8-18-26(24)35-31)23-15-5-4-11-21(23)12-10-20-28-30(33-22-13-2-1-3-14-22)25-17-7-9-19-27(25)34-28/h1-9,11,13-19,33H,10,12,20H2. The first-order chi connectivity index (χ1) is 17.3. The van der Waals surface area contributed by atoms with Crippen molar-refractivity contribution in [1.29, 1.82) is 0 Å². The number of aryl methyl sites for hydroxylation is 2. The first-order valence-corrected chi connectivity index (χ1v) is 12.0. The summed E-state index contributed by atoms with van der Waals surface area (Å²) >= 11 is 0. The maximum atomic E-state index is 6.32. The van der Waals surface area contributed by atoms with Gasteiger partial charge < -0.3 is 14.2 Å². The highest BCUT2D eigenvalue weighted by molar-refractivity contribution is 6.36.